The largest absolute Gasteiger partial charge is 0.378 e. The lowest BCUT2D eigenvalue weighted by atomic mass is 10.1. The predicted molar refractivity (Wildman–Crippen MR) is 107 cm³/mol. The van der Waals surface area contributed by atoms with Crippen LogP contribution >= 0.6 is 0 Å². The van der Waals surface area contributed by atoms with Crippen LogP contribution in [0.25, 0.3) is 0 Å². The van der Waals surface area contributed by atoms with Gasteiger partial charge in [-0.05, 0) is 56.9 Å². The number of likely N-dealkylation sites (tertiary alicyclic amines) is 1. The van der Waals surface area contributed by atoms with E-state index in [9.17, 15) is 4.79 Å². The number of ether oxygens (including phenoxy) is 1. The number of piperidine rings is 1. The van der Waals surface area contributed by atoms with Crippen LogP contribution in [-0.2, 0) is 9.53 Å². The lowest BCUT2D eigenvalue weighted by Crippen LogP contribution is -2.41. The summed E-state index contributed by atoms with van der Waals surface area (Å²) < 4.78 is 5.67. The number of benzene rings is 1. The summed E-state index contributed by atoms with van der Waals surface area (Å²) in [4.78, 5) is 17.0. The highest BCUT2D eigenvalue weighted by atomic mass is 16.5. The Labute approximate surface area is 157 Å². The Kier molecular flexibility index (Phi) is 7.32. The molecule has 144 valence electrons. The van der Waals surface area contributed by atoms with E-state index in [0.717, 1.165) is 51.3 Å². The van der Waals surface area contributed by atoms with Gasteiger partial charge >= 0.3 is 0 Å². The van der Waals surface area contributed by atoms with E-state index >= 15 is 0 Å². The van der Waals surface area contributed by atoms with Crippen LogP contribution in [0.15, 0.2) is 24.3 Å². The smallest absolute Gasteiger partial charge is 0.238 e. The molecule has 26 heavy (non-hydrogen) atoms. The van der Waals surface area contributed by atoms with Crippen molar-refractivity contribution < 1.29 is 9.53 Å². The summed E-state index contributed by atoms with van der Waals surface area (Å²) in [5.41, 5.74) is 2.15. The third-order valence-corrected chi connectivity index (χ3v) is 5.43. The zero-order valence-electron chi connectivity index (χ0n) is 16.1. The number of nitrogens with one attached hydrogen (secondary N) is 1. The lowest BCUT2D eigenvalue weighted by Gasteiger charge is -2.31. The Morgan fingerprint density at radius 3 is 2.31 bits per heavy atom. The number of carbonyl (C=O) groups is 1. The van der Waals surface area contributed by atoms with E-state index in [1.54, 1.807) is 0 Å². The maximum Gasteiger partial charge on any atom is 0.238 e. The number of amides is 1. The van der Waals surface area contributed by atoms with Crippen LogP contribution in [0.2, 0.25) is 0 Å². The highest BCUT2D eigenvalue weighted by Gasteiger charge is 2.21. The first-order valence-corrected chi connectivity index (χ1v) is 10.2. The van der Waals surface area contributed by atoms with Gasteiger partial charge in [0, 0.05) is 44.2 Å². The number of carbonyl (C=O) groups excluding carboxylic acids is 1. The third kappa shape index (κ3) is 5.71. The van der Waals surface area contributed by atoms with Crippen molar-refractivity contribution in [3.8, 4) is 0 Å². The number of hydrogen-bond acceptors (Lipinski definition) is 4. The fourth-order valence-electron chi connectivity index (χ4n) is 3.96. The van der Waals surface area contributed by atoms with E-state index in [2.05, 4.69) is 27.2 Å². The molecule has 1 aromatic carbocycles. The first kappa shape index (κ1) is 19.2. The molecule has 5 heteroatoms. The minimum Gasteiger partial charge on any atom is -0.378 e. The molecule has 2 saturated heterocycles. The molecule has 0 atom stereocenters. The van der Waals surface area contributed by atoms with Crippen LogP contribution in [0.1, 0.15) is 45.4 Å². The molecule has 2 fully saturated rings. The second kappa shape index (κ2) is 9.93. The van der Waals surface area contributed by atoms with Gasteiger partial charge in [0.2, 0.25) is 5.91 Å². The molecule has 2 aliphatic heterocycles. The fourth-order valence-corrected chi connectivity index (χ4v) is 3.96. The molecular weight excluding hydrogens is 326 g/mol. The fraction of sp³-hybridized carbons (Fsp3) is 0.667. The average Bonchev–Trinajstić information content (AvgIpc) is 2.94. The molecule has 3 rings (SSSR count). The summed E-state index contributed by atoms with van der Waals surface area (Å²) in [6.45, 7) is 7.44. The van der Waals surface area contributed by atoms with E-state index in [1.165, 1.54) is 31.4 Å². The summed E-state index contributed by atoms with van der Waals surface area (Å²) in [7, 11) is 0. The maximum absolute atomic E-state index is 12.3. The summed E-state index contributed by atoms with van der Waals surface area (Å²) in [6, 6.07) is 8.32. The number of nitrogens with zero attached hydrogens (tertiary/aromatic N) is 2. The Morgan fingerprint density at radius 2 is 1.69 bits per heavy atom. The van der Waals surface area contributed by atoms with Gasteiger partial charge < -0.3 is 15.0 Å². The molecule has 5 nitrogen and oxygen atoms in total. The van der Waals surface area contributed by atoms with Gasteiger partial charge in [-0.15, -0.1) is 0 Å². The molecular formula is C21H33N3O2. The van der Waals surface area contributed by atoms with Crippen LogP contribution in [0.3, 0.4) is 0 Å². The average molecular weight is 360 g/mol. The van der Waals surface area contributed by atoms with E-state index in [4.69, 9.17) is 4.74 Å². The lowest BCUT2D eigenvalue weighted by molar-refractivity contribution is -0.118. The number of rotatable bonds is 6. The van der Waals surface area contributed by atoms with Gasteiger partial charge in [-0.1, -0.05) is 12.8 Å². The molecule has 1 aromatic rings. The molecule has 0 bridgehead atoms. The predicted octanol–water partition coefficient (Wildman–Crippen LogP) is 3.51. The van der Waals surface area contributed by atoms with Gasteiger partial charge in [-0.25, -0.2) is 0 Å². The van der Waals surface area contributed by atoms with Crippen LogP contribution in [0, 0.1) is 0 Å². The Bertz CT molecular complexity index is 545. The molecule has 1 N–H and O–H groups in total. The van der Waals surface area contributed by atoms with Crippen molar-refractivity contribution in [2.24, 2.45) is 0 Å². The van der Waals surface area contributed by atoms with Crippen molar-refractivity contribution in [3.05, 3.63) is 24.3 Å². The van der Waals surface area contributed by atoms with E-state index in [0.29, 0.717) is 12.6 Å². The standard InChI is InChI=1S/C21H33N3O2/c1-2-26-20-11-15-23(16-12-20)17-21(25)22-18-7-9-19(10-8-18)24-13-5-3-4-6-14-24/h7-10,20H,2-6,11-17H2,1H3,(H,22,25). The molecule has 2 aliphatic rings. The first-order valence-electron chi connectivity index (χ1n) is 10.2. The molecule has 0 spiro atoms. The van der Waals surface area contributed by atoms with Crippen molar-refractivity contribution in [2.75, 3.05) is 49.5 Å². The number of hydrogen-bond donors (Lipinski definition) is 1. The van der Waals surface area contributed by atoms with Gasteiger partial charge in [0.25, 0.3) is 0 Å². The quantitative estimate of drug-likeness (QED) is 0.844. The van der Waals surface area contributed by atoms with Crippen molar-refractivity contribution in [1.29, 1.82) is 0 Å². The van der Waals surface area contributed by atoms with Gasteiger partial charge in [-0.3, -0.25) is 9.69 Å². The zero-order valence-corrected chi connectivity index (χ0v) is 16.1. The molecule has 2 heterocycles. The summed E-state index contributed by atoms with van der Waals surface area (Å²) in [6.07, 6.45) is 7.64. The minimum atomic E-state index is 0.0717. The van der Waals surface area contributed by atoms with Gasteiger partial charge in [-0.2, -0.15) is 0 Å². The van der Waals surface area contributed by atoms with Gasteiger partial charge in [0.15, 0.2) is 0 Å². The SMILES string of the molecule is CCOC1CCN(CC(=O)Nc2ccc(N3CCCCCC3)cc2)CC1. The first-order chi connectivity index (χ1) is 12.7. The molecule has 0 radical (unpaired) electrons. The van der Waals surface area contributed by atoms with Gasteiger partial charge in [0.1, 0.15) is 0 Å². The summed E-state index contributed by atoms with van der Waals surface area (Å²) in [5, 5.41) is 3.04. The topological polar surface area (TPSA) is 44.8 Å². The van der Waals surface area contributed by atoms with Crippen molar-refractivity contribution in [2.45, 2.75) is 51.6 Å². The molecule has 0 unspecified atom stereocenters. The maximum atomic E-state index is 12.3. The van der Waals surface area contributed by atoms with E-state index in [-0.39, 0.29) is 5.91 Å². The van der Waals surface area contributed by atoms with Gasteiger partial charge in [0.05, 0.1) is 12.6 Å². The summed E-state index contributed by atoms with van der Waals surface area (Å²) >= 11 is 0. The van der Waals surface area contributed by atoms with Crippen molar-refractivity contribution >= 4 is 17.3 Å². The third-order valence-electron chi connectivity index (χ3n) is 5.43. The second-order valence-electron chi connectivity index (χ2n) is 7.43. The molecule has 0 aliphatic carbocycles. The zero-order chi connectivity index (χ0) is 18.2. The Morgan fingerprint density at radius 1 is 1.04 bits per heavy atom. The van der Waals surface area contributed by atoms with Crippen LogP contribution in [-0.4, -0.2) is 56.2 Å². The number of anilines is 2. The van der Waals surface area contributed by atoms with Crippen LogP contribution < -0.4 is 10.2 Å². The van der Waals surface area contributed by atoms with Crippen LogP contribution in [0.5, 0.6) is 0 Å². The van der Waals surface area contributed by atoms with Crippen molar-refractivity contribution in [1.82, 2.24) is 4.90 Å². The normalized spacial score (nSPS) is 20.0. The van der Waals surface area contributed by atoms with E-state index < -0.39 is 0 Å². The second-order valence-corrected chi connectivity index (χ2v) is 7.43. The molecule has 1 amide bonds. The molecule has 0 saturated carbocycles. The van der Waals surface area contributed by atoms with E-state index in [1.807, 2.05) is 19.1 Å². The summed E-state index contributed by atoms with van der Waals surface area (Å²) in [5.74, 6) is 0.0717. The Balaban J connectivity index is 1.44. The highest BCUT2D eigenvalue weighted by molar-refractivity contribution is 5.92. The minimum absolute atomic E-state index is 0.0717. The monoisotopic (exact) mass is 359 g/mol. The van der Waals surface area contributed by atoms with Crippen molar-refractivity contribution in [3.63, 3.8) is 0 Å². The van der Waals surface area contributed by atoms with Crippen LogP contribution in [0.4, 0.5) is 11.4 Å². The Hall–Kier alpha value is -1.59. The molecule has 0 aromatic heterocycles. The highest BCUT2D eigenvalue weighted by Crippen LogP contribution is 2.21.